The minimum Gasteiger partial charge on any atom is -0.377 e. The van der Waals surface area contributed by atoms with Crippen LogP contribution in [0, 0.1) is 0 Å². The molecule has 4 rings (SSSR count). The predicted molar refractivity (Wildman–Crippen MR) is 131 cm³/mol. The van der Waals surface area contributed by atoms with Crippen LogP contribution in [0.15, 0.2) is 23.4 Å². The van der Waals surface area contributed by atoms with Gasteiger partial charge in [-0.1, -0.05) is 42.6 Å². The SMILES string of the molecule is CC1(N(COCC[Si](C)(C)C)S(=O)(=O)c2cc(Cl)c3cnc(-c4nnc(C(F)(F)F)s4)n3c2)COC1. The molecular weight excluding hydrogens is 559 g/mol. The average molecular weight is 584 g/mol. The van der Waals surface area contributed by atoms with Crippen LogP contribution < -0.4 is 0 Å². The lowest BCUT2D eigenvalue weighted by molar-refractivity contribution is -0.138. The van der Waals surface area contributed by atoms with E-state index in [1.54, 1.807) is 6.92 Å². The zero-order valence-electron chi connectivity index (χ0n) is 20.0. The van der Waals surface area contributed by atoms with Crippen molar-refractivity contribution in [2.45, 2.75) is 49.2 Å². The van der Waals surface area contributed by atoms with E-state index in [1.165, 1.54) is 27.2 Å². The highest BCUT2D eigenvalue weighted by Crippen LogP contribution is 2.37. The lowest BCUT2D eigenvalue weighted by Gasteiger charge is -2.45. The Labute approximate surface area is 216 Å². The summed E-state index contributed by atoms with van der Waals surface area (Å²) < 4.78 is 80.3. The quantitative estimate of drug-likeness (QED) is 0.206. The van der Waals surface area contributed by atoms with Crippen LogP contribution in [0.4, 0.5) is 13.2 Å². The summed E-state index contributed by atoms with van der Waals surface area (Å²) in [6, 6.07) is 2.16. The van der Waals surface area contributed by atoms with Gasteiger partial charge in [-0.2, -0.15) is 17.5 Å². The summed E-state index contributed by atoms with van der Waals surface area (Å²) in [6.07, 6.45) is -2.06. The Hall–Kier alpha value is -1.62. The van der Waals surface area contributed by atoms with E-state index in [4.69, 9.17) is 21.1 Å². The number of halogens is 4. The number of fused-ring (bicyclic) bond motifs is 1. The number of pyridine rings is 1. The van der Waals surface area contributed by atoms with E-state index in [1.807, 2.05) is 0 Å². The molecule has 0 spiro atoms. The van der Waals surface area contributed by atoms with Gasteiger partial charge in [0.25, 0.3) is 0 Å². The maximum Gasteiger partial charge on any atom is 0.445 e. The molecule has 0 unspecified atom stereocenters. The molecule has 3 aromatic heterocycles. The zero-order valence-corrected chi connectivity index (χ0v) is 23.4. The van der Waals surface area contributed by atoms with Crippen LogP contribution in [0.3, 0.4) is 0 Å². The van der Waals surface area contributed by atoms with Crippen LogP contribution in [-0.2, 0) is 25.7 Å². The summed E-state index contributed by atoms with van der Waals surface area (Å²) in [4.78, 5) is 3.95. The second-order valence-corrected chi connectivity index (χ2v) is 18.8. The van der Waals surface area contributed by atoms with Gasteiger partial charge in [-0.05, 0) is 19.0 Å². The lowest BCUT2D eigenvalue weighted by atomic mass is 10.0. The Balaban J connectivity index is 1.71. The highest BCUT2D eigenvalue weighted by Gasteiger charge is 2.47. The van der Waals surface area contributed by atoms with E-state index >= 15 is 0 Å². The molecule has 0 aliphatic carbocycles. The Morgan fingerprint density at radius 1 is 1.31 bits per heavy atom. The molecule has 1 aliphatic heterocycles. The Morgan fingerprint density at radius 2 is 2.00 bits per heavy atom. The van der Waals surface area contributed by atoms with Crippen molar-refractivity contribution in [1.29, 1.82) is 0 Å². The molecule has 0 bridgehead atoms. The van der Waals surface area contributed by atoms with Crippen molar-refractivity contribution in [3.63, 3.8) is 0 Å². The average Bonchev–Trinajstić information content (AvgIpc) is 3.38. The van der Waals surface area contributed by atoms with Crippen molar-refractivity contribution >= 4 is 46.6 Å². The van der Waals surface area contributed by atoms with Crippen molar-refractivity contribution in [3.05, 3.63) is 28.5 Å². The van der Waals surface area contributed by atoms with Gasteiger partial charge in [-0.25, -0.2) is 13.4 Å². The first kappa shape index (κ1) is 27.4. The van der Waals surface area contributed by atoms with Crippen LogP contribution in [0.1, 0.15) is 11.9 Å². The third-order valence-corrected chi connectivity index (χ3v) is 10.6. The van der Waals surface area contributed by atoms with Crippen molar-refractivity contribution in [3.8, 4) is 10.8 Å². The van der Waals surface area contributed by atoms with Gasteiger partial charge in [-0.15, -0.1) is 10.2 Å². The summed E-state index contributed by atoms with van der Waals surface area (Å²) in [5.41, 5.74) is -0.511. The summed E-state index contributed by atoms with van der Waals surface area (Å²) >= 11 is 6.69. The van der Waals surface area contributed by atoms with E-state index in [-0.39, 0.29) is 40.7 Å². The van der Waals surface area contributed by atoms with E-state index in [0.717, 1.165) is 6.04 Å². The summed E-state index contributed by atoms with van der Waals surface area (Å²) in [6.45, 7) is 8.98. The molecule has 0 amide bonds. The monoisotopic (exact) mass is 583 g/mol. The minimum atomic E-state index is -4.66. The molecule has 1 saturated heterocycles. The smallest absolute Gasteiger partial charge is 0.377 e. The first-order chi connectivity index (χ1) is 16.6. The standard InChI is InChI=1S/C20H25ClF3N5O4S2Si/c1-19(10-33-11-19)29(12-32-5-6-36(2,3)4)35(30,31)13-7-14(21)15-8-25-16(28(15)9-13)17-26-27-18(34-17)20(22,23)24/h7-9H,5-6,10-12H2,1-4H3. The topological polar surface area (TPSA) is 98.9 Å². The van der Waals surface area contributed by atoms with Crippen LogP contribution in [0.25, 0.3) is 16.3 Å². The van der Waals surface area contributed by atoms with Gasteiger partial charge in [0.1, 0.15) is 11.6 Å². The molecule has 16 heteroatoms. The first-order valence-corrected chi connectivity index (χ1v) is 17.2. The fourth-order valence-electron chi connectivity index (χ4n) is 3.47. The van der Waals surface area contributed by atoms with Crippen LogP contribution in [0.5, 0.6) is 0 Å². The summed E-state index contributed by atoms with van der Waals surface area (Å²) in [5, 5.41) is 5.58. The maximum absolute atomic E-state index is 13.8. The van der Waals surface area contributed by atoms with Gasteiger partial charge < -0.3 is 9.47 Å². The molecule has 0 N–H and O–H groups in total. The summed E-state index contributed by atoms with van der Waals surface area (Å²) in [5.74, 6) is -0.00641. The number of ether oxygens (including phenoxy) is 2. The fraction of sp³-hybridized carbons (Fsp3) is 0.550. The van der Waals surface area contributed by atoms with Gasteiger partial charge in [0.2, 0.25) is 15.0 Å². The molecule has 4 heterocycles. The number of nitrogens with zero attached hydrogens (tertiary/aromatic N) is 5. The van der Waals surface area contributed by atoms with Crippen LogP contribution in [0.2, 0.25) is 30.7 Å². The summed E-state index contributed by atoms with van der Waals surface area (Å²) in [7, 11) is -5.53. The predicted octanol–water partition coefficient (Wildman–Crippen LogP) is 4.62. The second-order valence-electron chi connectivity index (χ2n) is 9.96. The Kier molecular flexibility index (Phi) is 7.31. The van der Waals surface area contributed by atoms with E-state index < -0.39 is 34.8 Å². The molecule has 36 heavy (non-hydrogen) atoms. The van der Waals surface area contributed by atoms with Gasteiger partial charge in [0.05, 0.1) is 35.5 Å². The zero-order chi connectivity index (χ0) is 26.5. The van der Waals surface area contributed by atoms with Crippen molar-refractivity contribution in [1.82, 2.24) is 23.9 Å². The van der Waals surface area contributed by atoms with Gasteiger partial charge in [0, 0.05) is 20.9 Å². The third kappa shape index (κ3) is 5.46. The molecule has 0 atom stereocenters. The lowest BCUT2D eigenvalue weighted by Crippen LogP contribution is -2.62. The number of hydrogen-bond acceptors (Lipinski definition) is 8. The first-order valence-electron chi connectivity index (χ1n) is 10.9. The van der Waals surface area contributed by atoms with E-state index in [2.05, 4.69) is 34.8 Å². The van der Waals surface area contributed by atoms with E-state index in [9.17, 15) is 21.6 Å². The van der Waals surface area contributed by atoms with Crippen LogP contribution >= 0.6 is 22.9 Å². The second kappa shape index (κ2) is 9.60. The van der Waals surface area contributed by atoms with Gasteiger partial charge in [-0.3, -0.25) is 4.40 Å². The van der Waals surface area contributed by atoms with Crippen molar-refractivity contribution in [2.75, 3.05) is 26.6 Å². The number of alkyl halides is 3. The molecule has 0 radical (unpaired) electrons. The normalized spacial score (nSPS) is 16.6. The number of rotatable bonds is 9. The number of aromatic nitrogens is 4. The van der Waals surface area contributed by atoms with Crippen LogP contribution in [-0.4, -0.2) is 72.5 Å². The largest absolute Gasteiger partial charge is 0.445 e. The fourth-order valence-corrected chi connectivity index (χ4v) is 6.91. The Bertz CT molecular complexity index is 1370. The highest BCUT2D eigenvalue weighted by molar-refractivity contribution is 7.89. The molecular formula is C20H25ClF3N5O4S2Si. The Morgan fingerprint density at radius 3 is 2.56 bits per heavy atom. The number of imidazole rings is 1. The third-order valence-electron chi connectivity index (χ3n) is 5.65. The molecule has 1 fully saturated rings. The van der Waals surface area contributed by atoms with Gasteiger partial charge in [0.15, 0.2) is 10.8 Å². The van der Waals surface area contributed by atoms with Gasteiger partial charge >= 0.3 is 6.18 Å². The highest BCUT2D eigenvalue weighted by atomic mass is 35.5. The molecule has 0 aromatic carbocycles. The molecule has 0 saturated carbocycles. The molecule has 1 aliphatic rings. The molecule has 198 valence electrons. The number of hydrogen-bond donors (Lipinski definition) is 0. The van der Waals surface area contributed by atoms with Crippen molar-refractivity contribution < 1.29 is 31.1 Å². The van der Waals surface area contributed by atoms with Crippen molar-refractivity contribution in [2.24, 2.45) is 0 Å². The number of sulfonamides is 1. The molecule has 9 nitrogen and oxygen atoms in total. The minimum absolute atomic E-state index is 0.00641. The maximum atomic E-state index is 13.8. The van der Waals surface area contributed by atoms with E-state index in [0.29, 0.717) is 23.5 Å². The molecule has 3 aromatic rings.